The number of ether oxygens (including phenoxy) is 4. The second-order valence-electron chi connectivity index (χ2n) is 8.59. The maximum atomic E-state index is 13.0. The number of hydrogen-bond donors (Lipinski definition) is 2. The van der Waals surface area contributed by atoms with Crippen molar-refractivity contribution in [2.45, 2.75) is 26.0 Å². The van der Waals surface area contributed by atoms with Crippen LogP contribution < -0.4 is 29.6 Å². The molecule has 0 spiro atoms. The molecule has 3 aromatic carbocycles. The van der Waals surface area contributed by atoms with Crippen molar-refractivity contribution < 1.29 is 28.5 Å². The molecule has 1 heterocycles. The van der Waals surface area contributed by atoms with Crippen LogP contribution in [0.25, 0.3) is 0 Å². The average Bonchev–Trinajstić information content (AvgIpc) is 3.02. The van der Waals surface area contributed by atoms with Gasteiger partial charge in [0.1, 0.15) is 11.5 Å². The molecule has 4 rings (SSSR count). The van der Waals surface area contributed by atoms with Gasteiger partial charge in [-0.1, -0.05) is 12.1 Å². The summed E-state index contributed by atoms with van der Waals surface area (Å²) in [5, 5.41) is 5.63. The molecule has 3 amide bonds. The molecular weight excluding hydrogens is 474 g/mol. The number of fused-ring (bicyclic) bond motifs is 1. The monoisotopic (exact) mass is 505 g/mol. The van der Waals surface area contributed by atoms with E-state index in [1.807, 2.05) is 24.3 Å². The van der Waals surface area contributed by atoms with Crippen LogP contribution in [0.4, 0.5) is 16.2 Å². The van der Waals surface area contributed by atoms with Crippen molar-refractivity contribution in [3.63, 3.8) is 0 Å². The molecule has 0 saturated carbocycles. The van der Waals surface area contributed by atoms with E-state index in [9.17, 15) is 9.59 Å². The summed E-state index contributed by atoms with van der Waals surface area (Å²) in [6, 6.07) is 17.8. The van der Waals surface area contributed by atoms with Gasteiger partial charge in [0.25, 0.3) is 5.91 Å². The van der Waals surface area contributed by atoms with E-state index in [0.717, 1.165) is 11.1 Å². The molecule has 0 bridgehead atoms. The standard InChI is InChI=1S/C28H31N3O6/c1-18-27(32)31(13-12-19-8-10-25(35-3)26(14-19)36-4)17-20-15-22(9-11-24(20)37-18)30-28(33)29-21-6-5-7-23(16-21)34-2/h5-11,14-16,18H,12-13,17H2,1-4H3,(H2,29,30,33)/t18-/m1/s1. The number of hydrogen-bond acceptors (Lipinski definition) is 6. The highest BCUT2D eigenvalue weighted by Gasteiger charge is 2.28. The molecule has 9 nitrogen and oxygen atoms in total. The van der Waals surface area contributed by atoms with Gasteiger partial charge >= 0.3 is 6.03 Å². The Hall–Kier alpha value is -4.40. The molecule has 0 aliphatic carbocycles. The number of carbonyl (C=O) groups is 2. The Morgan fingerprint density at radius 1 is 0.946 bits per heavy atom. The SMILES string of the molecule is COc1cccc(NC(=O)Nc2ccc3c(c2)CN(CCc2ccc(OC)c(OC)c2)C(=O)[C@@H](C)O3)c1. The van der Waals surface area contributed by atoms with Crippen LogP contribution in [-0.2, 0) is 17.8 Å². The molecule has 3 aromatic rings. The van der Waals surface area contributed by atoms with Crippen LogP contribution in [0.3, 0.4) is 0 Å². The van der Waals surface area contributed by atoms with E-state index in [1.54, 1.807) is 69.6 Å². The van der Waals surface area contributed by atoms with Crippen molar-refractivity contribution in [2.24, 2.45) is 0 Å². The molecule has 0 aromatic heterocycles. The third-order valence-corrected chi connectivity index (χ3v) is 6.09. The predicted molar refractivity (Wildman–Crippen MR) is 141 cm³/mol. The number of rotatable bonds is 8. The van der Waals surface area contributed by atoms with Gasteiger partial charge in [-0.05, 0) is 61.4 Å². The van der Waals surface area contributed by atoms with Crippen LogP contribution in [0, 0.1) is 0 Å². The molecule has 0 fully saturated rings. The Balaban J connectivity index is 1.45. The molecule has 0 unspecified atom stereocenters. The van der Waals surface area contributed by atoms with Gasteiger partial charge in [0.15, 0.2) is 17.6 Å². The van der Waals surface area contributed by atoms with Crippen LogP contribution in [-0.4, -0.2) is 50.8 Å². The third-order valence-electron chi connectivity index (χ3n) is 6.09. The zero-order valence-electron chi connectivity index (χ0n) is 21.4. The first-order valence-corrected chi connectivity index (χ1v) is 11.9. The molecule has 194 valence electrons. The Morgan fingerprint density at radius 2 is 1.70 bits per heavy atom. The van der Waals surface area contributed by atoms with Gasteiger partial charge in [0.05, 0.1) is 21.3 Å². The Bertz CT molecular complexity index is 1280. The quantitative estimate of drug-likeness (QED) is 0.460. The molecule has 1 aliphatic heterocycles. The van der Waals surface area contributed by atoms with Gasteiger partial charge in [-0.15, -0.1) is 0 Å². The summed E-state index contributed by atoms with van der Waals surface area (Å²) < 4.78 is 21.8. The largest absolute Gasteiger partial charge is 0.497 e. The summed E-state index contributed by atoms with van der Waals surface area (Å²) in [7, 11) is 4.76. The summed E-state index contributed by atoms with van der Waals surface area (Å²) in [4.78, 5) is 27.4. The number of benzene rings is 3. The number of methoxy groups -OCH3 is 3. The van der Waals surface area contributed by atoms with Crippen molar-refractivity contribution in [1.82, 2.24) is 4.90 Å². The highest BCUT2D eigenvalue weighted by molar-refractivity contribution is 6.00. The average molecular weight is 506 g/mol. The first-order chi connectivity index (χ1) is 17.9. The van der Waals surface area contributed by atoms with E-state index in [1.165, 1.54) is 0 Å². The van der Waals surface area contributed by atoms with E-state index in [-0.39, 0.29) is 5.91 Å². The van der Waals surface area contributed by atoms with E-state index in [0.29, 0.717) is 53.9 Å². The molecule has 0 radical (unpaired) electrons. The fourth-order valence-electron chi connectivity index (χ4n) is 4.16. The van der Waals surface area contributed by atoms with E-state index in [4.69, 9.17) is 18.9 Å². The first-order valence-electron chi connectivity index (χ1n) is 11.9. The summed E-state index contributed by atoms with van der Waals surface area (Å²) >= 11 is 0. The second kappa shape index (κ2) is 11.6. The zero-order valence-corrected chi connectivity index (χ0v) is 21.4. The first kappa shape index (κ1) is 25.7. The highest BCUT2D eigenvalue weighted by atomic mass is 16.5. The maximum absolute atomic E-state index is 13.0. The number of nitrogens with zero attached hydrogens (tertiary/aromatic N) is 1. The van der Waals surface area contributed by atoms with E-state index >= 15 is 0 Å². The molecule has 0 saturated heterocycles. The summed E-state index contributed by atoms with van der Waals surface area (Å²) in [6.45, 7) is 2.60. The van der Waals surface area contributed by atoms with Crippen molar-refractivity contribution in [1.29, 1.82) is 0 Å². The van der Waals surface area contributed by atoms with Crippen LogP contribution >= 0.6 is 0 Å². The van der Waals surface area contributed by atoms with Gasteiger partial charge in [0, 0.05) is 36.1 Å². The Kier molecular flexibility index (Phi) is 8.02. The molecule has 2 N–H and O–H groups in total. The van der Waals surface area contributed by atoms with Crippen LogP contribution in [0.2, 0.25) is 0 Å². The predicted octanol–water partition coefficient (Wildman–Crippen LogP) is 4.71. The summed E-state index contributed by atoms with van der Waals surface area (Å²) in [6.07, 6.45) is 0.0106. The Labute approximate surface area is 216 Å². The van der Waals surface area contributed by atoms with Crippen LogP contribution in [0.15, 0.2) is 60.7 Å². The van der Waals surface area contributed by atoms with Crippen molar-refractivity contribution in [2.75, 3.05) is 38.5 Å². The second-order valence-corrected chi connectivity index (χ2v) is 8.59. The lowest BCUT2D eigenvalue weighted by Gasteiger charge is -2.22. The minimum atomic E-state index is -0.623. The highest BCUT2D eigenvalue weighted by Crippen LogP contribution is 2.30. The Morgan fingerprint density at radius 3 is 2.43 bits per heavy atom. The summed E-state index contributed by atoms with van der Waals surface area (Å²) in [5.74, 6) is 2.47. The van der Waals surface area contributed by atoms with Crippen LogP contribution in [0.5, 0.6) is 23.0 Å². The van der Waals surface area contributed by atoms with Gasteiger partial charge in [-0.25, -0.2) is 4.79 Å². The summed E-state index contributed by atoms with van der Waals surface area (Å²) in [5.41, 5.74) is 3.03. The lowest BCUT2D eigenvalue weighted by molar-refractivity contribution is -0.137. The minimum absolute atomic E-state index is 0.0954. The molecule has 9 heteroatoms. The van der Waals surface area contributed by atoms with E-state index in [2.05, 4.69) is 10.6 Å². The molecule has 1 atom stereocenters. The molecule has 1 aliphatic rings. The fourth-order valence-corrected chi connectivity index (χ4v) is 4.16. The third kappa shape index (κ3) is 6.24. The van der Waals surface area contributed by atoms with Gasteiger partial charge in [-0.3, -0.25) is 4.79 Å². The number of amides is 3. The lowest BCUT2D eigenvalue weighted by Crippen LogP contribution is -2.39. The van der Waals surface area contributed by atoms with Gasteiger partial charge < -0.3 is 34.5 Å². The van der Waals surface area contributed by atoms with Crippen molar-refractivity contribution in [3.8, 4) is 23.0 Å². The van der Waals surface area contributed by atoms with Gasteiger partial charge in [-0.2, -0.15) is 0 Å². The number of carbonyl (C=O) groups excluding carboxylic acids is 2. The minimum Gasteiger partial charge on any atom is -0.497 e. The van der Waals surface area contributed by atoms with Gasteiger partial charge in [0.2, 0.25) is 0 Å². The van der Waals surface area contributed by atoms with Crippen molar-refractivity contribution >= 4 is 23.3 Å². The molecule has 37 heavy (non-hydrogen) atoms. The molecular formula is C28H31N3O6. The zero-order chi connectivity index (χ0) is 26.4. The normalized spacial score (nSPS) is 14.6. The lowest BCUT2D eigenvalue weighted by atomic mass is 10.1. The topological polar surface area (TPSA) is 98.4 Å². The number of nitrogens with one attached hydrogen (secondary N) is 2. The van der Waals surface area contributed by atoms with E-state index < -0.39 is 12.1 Å². The number of anilines is 2. The fraction of sp³-hybridized carbons (Fsp3) is 0.286. The van der Waals surface area contributed by atoms with Crippen LogP contribution in [0.1, 0.15) is 18.1 Å². The number of urea groups is 1. The van der Waals surface area contributed by atoms with Crippen molar-refractivity contribution in [3.05, 3.63) is 71.8 Å². The smallest absolute Gasteiger partial charge is 0.323 e. The maximum Gasteiger partial charge on any atom is 0.323 e.